The van der Waals surface area contributed by atoms with Gasteiger partial charge in [0.1, 0.15) is 0 Å². The van der Waals surface area contributed by atoms with Crippen molar-refractivity contribution in [3.8, 4) is 0 Å². The van der Waals surface area contributed by atoms with Crippen LogP contribution in [0.3, 0.4) is 0 Å². The van der Waals surface area contributed by atoms with Crippen molar-refractivity contribution in [3.63, 3.8) is 0 Å². The number of esters is 1. The van der Waals surface area contributed by atoms with Crippen molar-refractivity contribution in [3.05, 3.63) is 48.0 Å². The predicted octanol–water partition coefficient (Wildman–Crippen LogP) is 2.56. The van der Waals surface area contributed by atoms with Crippen LogP contribution in [0.25, 0.3) is 0 Å². The van der Waals surface area contributed by atoms with Gasteiger partial charge in [-0.15, -0.1) is 0 Å². The fraction of sp³-hybridized carbons (Fsp3) is 0.182. The van der Waals surface area contributed by atoms with Gasteiger partial charge in [0.25, 0.3) is 5.60 Å². The highest BCUT2D eigenvalue weighted by atomic mass is 19.4. The average Bonchev–Trinajstić information content (AvgIpc) is 2.62. The van der Waals surface area contributed by atoms with Crippen LogP contribution in [-0.2, 0) is 15.1 Å². The predicted molar refractivity (Wildman–Crippen MR) is 49.4 cm³/mol. The van der Waals surface area contributed by atoms with Crippen LogP contribution in [0.15, 0.2) is 42.5 Å². The molecule has 84 valence electrons. The number of carbonyl (C=O) groups is 1. The molecule has 1 aromatic rings. The zero-order valence-corrected chi connectivity index (χ0v) is 7.99. The highest BCUT2D eigenvalue weighted by molar-refractivity contribution is 5.85. The monoisotopic (exact) mass is 228 g/mol. The molecule has 5 heteroatoms. The highest BCUT2D eigenvalue weighted by Crippen LogP contribution is 2.45. The van der Waals surface area contributed by atoms with Crippen molar-refractivity contribution < 1.29 is 22.7 Å². The van der Waals surface area contributed by atoms with Gasteiger partial charge in [-0.1, -0.05) is 30.3 Å². The van der Waals surface area contributed by atoms with Gasteiger partial charge in [-0.05, 0) is 6.08 Å². The van der Waals surface area contributed by atoms with Crippen LogP contribution in [0.1, 0.15) is 5.56 Å². The van der Waals surface area contributed by atoms with Crippen molar-refractivity contribution in [1.29, 1.82) is 0 Å². The minimum absolute atomic E-state index is 0.107. The molecule has 0 amide bonds. The molecule has 0 spiro atoms. The van der Waals surface area contributed by atoms with E-state index in [1.165, 1.54) is 24.3 Å². The second kappa shape index (κ2) is 3.37. The number of ether oxygens (including phenoxy) is 1. The van der Waals surface area contributed by atoms with Crippen LogP contribution in [-0.4, -0.2) is 12.1 Å². The van der Waals surface area contributed by atoms with Gasteiger partial charge in [-0.3, -0.25) is 0 Å². The van der Waals surface area contributed by atoms with E-state index < -0.39 is 17.7 Å². The minimum atomic E-state index is -4.67. The Morgan fingerprint density at radius 2 is 1.75 bits per heavy atom. The van der Waals surface area contributed by atoms with Crippen LogP contribution in [0, 0.1) is 0 Å². The fourth-order valence-corrected chi connectivity index (χ4v) is 1.57. The normalized spacial score (nSPS) is 24.6. The van der Waals surface area contributed by atoms with Gasteiger partial charge < -0.3 is 4.74 Å². The van der Waals surface area contributed by atoms with Crippen molar-refractivity contribution >= 4 is 5.97 Å². The molecule has 0 unspecified atom stereocenters. The molecule has 0 saturated carbocycles. The van der Waals surface area contributed by atoms with Gasteiger partial charge in [0.05, 0.1) is 0 Å². The maximum Gasteiger partial charge on any atom is 0.436 e. The summed E-state index contributed by atoms with van der Waals surface area (Å²) in [4.78, 5) is 10.9. The van der Waals surface area contributed by atoms with Gasteiger partial charge in [0.15, 0.2) is 0 Å². The van der Waals surface area contributed by atoms with E-state index in [4.69, 9.17) is 0 Å². The molecule has 0 aromatic heterocycles. The van der Waals surface area contributed by atoms with Gasteiger partial charge in [0.2, 0.25) is 0 Å². The molecule has 1 aliphatic rings. The quantitative estimate of drug-likeness (QED) is 0.690. The summed E-state index contributed by atoms with van der Waals surface area (Å²) in [5.74, 6) is -0.985. The Bertz CT molecular complexity index is 436. The summed E-state index contributed by atoms with van der Waals surface area (Å²) in [5, 5.41) is 0. The van der Waals surface area contributed by atoms with Crippen molar-refractivity contribution in [2.45, 2.75) is 11.8 Å². The SMILES string of the molecule is O=C1C=C[C@](c2ccccc2)(C(F)(F)F)O1. The van der Waals surface area contributed by atoms with E-state index in [-0.39, 0.29) is 5.56 Å². The molecule has 0 aliphatic carbocycles. The lowest BCUT2D eigenvalue weighted by atomic mass is 9.93. The van der Waals surface area contributed by atoms with E-state index in [2.05, 4.69) is 4.74 Å². The Hall–Kier alpha value is -1.78. The summed E-state index contributed by atoms with van der Waals surface area (Å²) in [5.41, 5.74) is -2.74. The zero-order valence-electron chi connectivity index (χ0n) is 7.99. The average molecular weight is 228 g/mol. The third-order valence-corrected chi connectivity index (χ3v) is 2.34. The highest BCUT2D eigenvalue weighted by Gasteiger charge is 2.59. The Morgan fingerprint density at radius 1 is 1.12 bits per heavy atom. The maximum atomic E-state index is 12.9. The van der Waals surface area contributed by atoms with Gasteiger partial charge in [-0.2, -0.15) is 13.2 Å². The summed E-state index contributed by atoms with van der Waals surface area (Å²) in [6.45, 7) is 0. The summed E-state index contributed by atoms with van der Waals surface area (Å²) in [6.07, 6.45) is -3.14. The molecule has 16 heavy (non-hydrogen) atoms. The Labute approximate surface area is 89.3 Å². The number of rotatable bonds is 1. The molecule has 0 bridgehead atoms. The molecular weight excluding hydrogens is 221 g/mol. The molecule has 1 atom stereocenters. The van der Waals surface area contributed by atoms with Crippen molar-refractivity contribution in [1.82, 2.24) is 0 Å². The number of cyclic esters (lactones) is 1. The number of carbonyl (C=O) groups excluding carboxylic acids is 1. The van der Waals surface area contributed by atoms with Gasteiger partial charge in [-0.25, -0.2) is 4.79 Å². The fourth-order valence-electron chi connectivity index (χ4n) is 1.57. The first-order valence-electron chi connectivity index (χ1n) is 4.50. The Balaban J connectivity index is 2.54. The van der Waals surface area contributed by atoms with Gasteiger partial charge in [0, 0.05) is 11.6 Å². The van der Waals surface area contributed by atoms with E-state index in [1.807, 2.05) is 0 Å². The molecule has 1 heterocycles. The van der Waals surface area contributed by atoms with E-state index in [1.54, 1.807) is 6.07 Å². The van der Waals surface area contributed by atoms with E-state index in [0.29, 0.717) is 0 Å². The number of benzene rings is 1. The number of halogens is 3. The topological polar surface area (TPSA) is 26.3 Å². The summed E-state index contributed by atoms with van der Waals surface area (Å²) < 4.78 is 43.3. The third-order valence-electron chi connectivity index (χ3n) is 2.34. The zero-order chi connectivity index (χ0) is 11.8. The largest absolute Gasteiger partial charge is 0.437 e. The van der Waals surface area contributed by atoms with Gasteiger partial charge >= 0.3 is 12.1 Å². The molecule has 2 nitrogen and oxygen atoms in total. The Morgan fingerprint density at radius 3 is 2.19 bits per heavy atom. The standard InChI is InChI=1S/C11H7F3O2/c12-11(13,14)10(7-6-9(15)16-10)8-4-2-1-3-5-8/h1-7H/t10-/m0/s1. The summed E-state index contributed by atoms with van der Waals surface area (Å²) in [6, 6.07) is 7.06. The number of hydrogen-bond donors (Lipinski definition) is 0. The van der Waals surface area contributed by atoms with E-state index in [0.717, 1.165) is 12.2 Å². The summed E-state index contributed by atoms with van der Waals surface area (Å²) >= 11 is 0. The molecule has 2 rings (SSSR count). The number of hydrogen-bond acceptors (Lipinski definition) is 2. The van der Waals surface area contributed by atoms with E-state index >= 15 is 0 Å². The second-order valence-electron chi connectivity index (χ2n) is 3.35. The van der Waals surface area contributed by atoms with Crippen LogP contribution in [0.2, 0.25) is 0 Å². The smallest absolute Gasteiger partial charge is 0.436 e. The summed E-state index contributed by atoms with van der Waals surface area (Å²) in [7, 11) is 0. The van der Waals surface area contributed by atoms with Crippen LogP contribution in [0.4, 0.5) is 13.2 Å². The molecule has 0 radical (unpaired) electrons. The molecule has 1 aliphatic heterocycles. The molecule has 0 saturated heterocycles. The maximum absolute atomic E-state index is 12.9. The first-order chi connectivity index (χ1) is 7.46. The molecule has 0 fully saturated rings. The second-order valence-corrected chi connectivity index (χ2v) is 3.35. The van der Waals surface area contributed by atoms with Crippen LogP contribution < -0.4 is 0 Å². The first kappa shape index (κ1) is 10.7. The minimum Gasteiger partial charge on any atom is -0.437 e. The third kappa shape index (κ3) is 1.48. The number of alkyl halides is 3. The Kier molecular flexibility index (Phi) is 2.26. The van der Waals surface area contributed by atoms with Crippen LogP contribution >= 0.6 is 0 Å². The lowest BCUT2D eigenvalue weighted by molar-refractivity contribution is -0.250. The molecule has 1 aromatic carbocycles. The first-order valence-corrected chi connectivity index (χ1v) is 4.50. The molecule has 0 N–H and O–H groups in total. The van der Waals surface area contributed by atoms with Crippen molar-refractivity contribution in [2.24, 2.45) is 0 Å². The van der Waals surface area contributed by atoms with E-state index in [9.17, 15) is 18.0 Å². The lowest BCUT2D eigenvalue weighted by Gasteiger charge is -2.29. The lowest BCUT2D eigenvalue weighted by Crippen LogP contribution is -2.41. The molecular formula is C11H7F3O2. The van der Waals surface area contributed by atoms with Crippen LogP contribution in [0.5, 0.6) is 0 Å². The van der Waals surface area contributed by atoms with Crippen molar-refractivity contribution in [2.75, 3.05) is 0 Å².